The highest BCUT2D eigenvalue weighted by Gasteiger charge is 2.40. The molecule has 1 unspecified atom stereocenters. The molecule has 1 aromatic carbocycles. The van der Waals surface area contributed by atoms with Crippen molar-refractivity contribution in [1.29, 1.82) is 0 Å². The van der Waals surface area contributed by atoms with Gasteiger partial charge in [0.1, 0.15) is 34.9 Å². The Morgan fingerprint density at radius 3 is 2.79 bits per heavy atom. The largest absolute Gasteiger partial charge is 0.364 e. The third kappa shape index (κ3) is 4.95. The standard InChI is InChI=1S/C26H25BrFN7O3/c1-15(36)24-18-11-16(26(2)29-9-4-10-30-26)7-8-19(18)35(33-24)14-23(37)34-13-17(28)12-20(34)25(38)32-22-6-3-5-21(27)31-22/h3-11,17,20,29H,12-14H2,1-2H3,(H,31,32,38)/t17-,20+,26?/m1/s1. The lowest BCUT2D eigenvalue weighted by Crippen LogP contribution is -2.44. The van der Waals surface area contributed by atoms with Crippen LogP contribution in [0.4, 0.5) is 10.2 Å². The lowest BCUT2D eigenvalue weighted by Gasteiger charge is -2.28. The quantitative estimate of drug-likeness (QED) is 0.340. The van der Waals surface area contributed by atoms with Crippen LogP contribution in [0.25, 0.3) is 10.9 Å². The van der Waals surface area contributed by atoms with Gasteiger partial charge < -0.3 is 15.5 Å². The molecule has 38 heavy (non-hydrogen) atoms. The second-order valence-corrected chi connectivity index (χ2v) is 10.2. The Hall–Kier alpha value is -3.93. The first-order valence-electron chi connectivity index (χ1n) is 12.0. The summed E-state index contributed by atoms with van der Waals surface area (Å²) in [6.45, 7) is 2.85. The second-order valence-electron chi connectivity index (χ2n) is 9.38. The van der Waals surface area contributed by atoms with Crippen LogP contribution in [0.15, 0.2) is 58.3 Å². The molecule has 10 nitrogen and oxygen atoms in total. The number of nitrogens with one attached hydrogen (secondary N) is 2. The van der Waals surface area contributed by atoms with Gasteiger partial charge >= 0.3 is 0 Å². The highest BCUT2D eigenvalue weighted by atomic mass is 79.9. The van der Waals surface area contributed by atoms with Crippen LogP contribution >= 0.6 is 15.9 Å². The summed E-state index contributed by atoms with van der Waals surface area (Å²) in [6.07, 6.45) is 3.82. The first-order chi connectivity index (χ1) is 18.1. The number of hydrogen-bond acceptors (Lipinski definition) is 7. The predicted molar refractivity (Wildman–Crippen MR) is 143 cm³/mol. The fourth-order valence-electron chi connectivity index (χ4n) is 4.72. The zero-order valence-electron chi connectivity index (χ0n) is 20.7. The van der Waals surface area contributed by atoms with Gasteiger partial charge in [-0.1, -0.05) is 12.1 Å². The van der Waals surface area contributed by atoms with Gasteiger partial charge in [0.2, 0.25) is 11.8 Å². The topological polar surface area (TPSA) is 122 Å². The van der Waals surface area contributed by atoms with E-state index in [4.69, 9.17) is 0 Å². The maximum Gasteiger partial charge on any atom is 0.248 e. The van der Waals surface area contributed by atoms with Crippen LogP contribution in [0, 0.1) is 0 Å². The average molecular weight is 582 g/mol. The highest BCUT2D eigenvalue weighted by molar-refractivity contribution is 9.10. The van der Waals surface area contributed by atoms with E-state index in [9.17, 15) is 18.8 Å². The summed E-state index contributed by atoms with van der Waals surface area (Å²) < 4.78 is 16.4. The lowest BCUT2D eigenvalue weighted by atomic mass is 9.98. The first-order valence-corrected chi connectivity index (χ1v) is 12.8. The van der Waals surface area contributed by atoms with Crippen LogP contribution in [0.1, 0.15) is 36.3 Å². The van der Waals surface area contributed by atoms with E-state index in [1.165, 1.54) is 16.5 Å². The van der Waals surface area contributed by atoms with Gasteiger partial charge in [0.05, 0.1) is 12.1 Å². The predicted octanol–water partition coefficient (Wildman–Crippen LogP) is 3.33. The fraction of sp³-hybridized carbons (Fsp3) is 0.308. The molecular formula is C26H25BrFN7O3. The Kier molecular flexibility index (Phi) is 6.82. The van der Waals surface area contributed by atoms with Crippen molar-refractivity contribution in [2.45, 2.75) is 44.7 Å². The van der Waals surface area contributed by atoms with E-state index < -0.39 is 29.7 Å². The third-order valence-corrected chi connectivity index (χ3v) is 7.09. The number of likely N-dealkylation sites (tertiary alicyclic amines) is 1. The van der Waals surface area contributed by atoms with E-state index in [2.05, 4.69) is 41.6 Å². The Balaban J connectivity index is 1.41. The van der Waals surface area contributed by atoms with Gasteiger partial charge in [-0.05, 0) is 58.8 Å². The summed E-state index contributed by atoms with van der Waals surface area (Å²) in [4.78, 5) is 48.6. The zero-order valence-corrected chi connectivity index (χ0v) is 22.3. The number of amides is 2. The molecule has 12 heteroatoms. The van der Waals surface area contributed by atoms with Gasteiger partial charge in [-0.2, -0.15) is 5.10 Å². The smallest absolute Gasteiger partial charge is 0.248 e. The number of rotatable bonds is 6. The molecule has 4 heterocycles. The van der Waals surface area contributed by atoms with E-state index >= 15 is 0 Å². The zero-order chi connectivity index (χ0) is 27.0. The van der Waals surface area contributed by atoms with Crippen molar-refractivity contribution in [3.63, 3.8) is 0 Å². The van der Waals surface area contributed by atoms with Gasteiger partial charge in [0, 0.05) is 31.1 Å². The normalized spacial score (nSPS) is 22.5. The average Bonchev–Trinajstić information content (AvgIpc) is 3.45. The minimum Gasteiger partial charge on any atom is -0.364 e. The first kappa shape index (κ1) is 25.7. The number of fused-ring (bicyclic) bond motifs is 1. The van der Waals surface area contributed by atoms with Crippen LogP contribution in [0.5, 0.6) is 0 Å². The molecule has 0 aliphatic carbocycles. The minimum atomic E-state index is -1.34. The van der Waals surface area contributed by atoms with Crippen molar-refractivity contribution in [2.24, 2.45) is 4.99 Å². The SMILES string of the molecule is CC(=O)c1nn(CC(=O)N2C[C@H](F)C[C@H]2C(=O)Nc2cccc(Br)n2)c2ccc(C3(C)N=CC=CN3)cc12. The number of ketones is 1. The van der Waals surface area contributed by atoms with Crippen molar-refractivity contribution < 1.29 is 18.8 Å². The van der Waals surface area contributed by atoms with Gasteiger partial charge in [-0.15, -0.1) is 0 Å². The number of pyridine rings is 1. The van der Waals surface area contributed by atoms with Crippen molar-refractivity contribution in [2.75, 3.05) is 11.9 Å². The molecule has 0 bridgehead atoms. The molecule has 196 valence electrons. The van der Waals surface area contributed by atoms with E-state index in [1.807, 2.05) is 19.1 Å². The summed E-state index contributed by atoms with van der Waals surface area (Å²) >= 11 is 3.25. The molecular weight excluding hydrogens is 557 g/mol. The van der Waals surface area contributed by atoms with Crippen molar-refractivity contribution in [3.05, 3.63) is 64.5 Å². The number of aromatic nitrogens is 3. The molecule has 0 spiro atoms. The number of nitrogens with zero attached hydrogens (tertiary/aromatic N) is 5. The number of alkyl halides is 1. The van der Waals surface area contributed by atoms with Gasteiger partial charge in [-0.3, -0.25) is 24.1 Å². The fourth-order valence-corrected chi connectivity index (χ4v) is 5.06. The lowest BCUT2D eigenvalue weighted by molar-refractivity contribution is -0.137. The maximum absolute atomic E-state index is 14.4. The molecule has 2 N–H and O–H groups in total. The number of carbonyl (C=O) groups excluding carboxylic acids is 3. The molecule has 3 atom stereocenters. The van der Waals surface area contributed by atoms with Crippen LogP contribution in [0.2, 0.25) is 0 Å². The Labute approximate surface area is 226 Å². The Morgan fingerprint density at radius 2 is 2.08 bits per heavy atom. The molecule has 5 rings (SSSR count). The van der Waals surface area contributed by atoms with Crippen molar-refractivity contribution in [3.8, 4) is 0 Å². The summed E-state index contributed by atoms with van der Waals surface area (Å²) in [6, 6.07) is 9.49. The van der Waals surface area contributed by atoms with E-state index in [0.717, 1.165) is 5.56 Å². The number of benzene rings is 1. The number of hydrogen-bond donors (Lipinski definition) is 2. The number of Topliss-reactive ketones (excluding diaryl/α,β-unsaturated/α-hetero) is 1. The number of aliphatic imine (C=N–C) groups is 1. The van der Waals surface area contributed by atoms with Gasteiger partial charge in [0.15, 0.2) is 11.4 Å². The molecule has 2 aromatic heterocycles. The molecule has 2 amide bonds. The van der Waals surface area contributed by atoms with Crippen LogP contribution in [0.3, 0.4) is 0 Å². The molecule has 2 aliphatic rings. The Bertz CT molecular complexity index is 1500. The molecule has 0 saturated carbocycles. The summed E-state index contributed by atoms with van der Waals surface area (Å²) in [7, 11) is 0. The van der Waals surface area contributed by atoms with Crippen LogP contribution in [-0.2, 0) is 21.8 Å². The number of allylic oxidation sites excluding steroid dienone is 1. The monoisotopic (exact) mass is 581 g/mol. The van der Waals surface area contributed by atoms with Crippen LogP contribution < -0.4 is 10.6 Å². The van der Waals surface area contributed by atoms with Crippen molar-refractivity contribution in [1.82, 2.24) is 25.0 Å². The number of carbonyl (C=O) groups is 3. The van der Waals surface area contributed by atoms with E-state index in [-0.39, 0.29) is 31.0 Å². The molecule has 1 fully saturated rings. The third-order valence-electron chi connectivity index (χ3n) is 6.65. The van der Waals surface area contributed by atoms with Crippen LogP contribution in [-0.4, -0.2) is 62.2 Å². The van der Waals surface area contributed by atoms with Gasteiger partial charge in [0.25, 0.3) is 0 Å². The maximum atomic E-state index is 14.4. The number of anilines is 1. The van der Waals surface area contributed by atoms with Crippen molar-refractivity contribution >= 4 is 56.5 Å². The van der Waals surface area contributed by atoms with E-state index in [0.29, 0.717) is 21.3 Å². The summed E-state index contributed by atoms with van der Waals surface area (Å²) in [5, 5.41) is 10.9. The molecule has 3 aromatic rings. The summed E-state index contributed by atoms with van der Waals surface area (Å²) in [5.41, 5.74) is 0.886. The minimum absolute atomic E-state index is 0.117. The molecule has 0 radical (unpaired) electrons. The molecule has 2 aliphatic heterocycles. The summed E-state index contributed by atoms with van der Waals surface area (Å²) in [5.74, 6) is -0.967. The highest BCUT2D eigenvalue weighted by Crippen LogP contribution is 2.30. The number of halogens is 2. The molecule has 1 saturated heterocycles. The van der Waals surface area contributed by atoms with Gasteiger partial charge in [-0.25, -0.2) is 9.37 Å². The second kappa shape index (κ2) is 10.1. The van der Waals surface area contributed by atoms with E-state index in [1.54, 1.807) is 42.8 Å². The Morgan fingerprint density at radius 1 is 1.26 bits per heavy atom.